The third-order valence-corrected chi connectivity index (χ3v) is 6.26. The lowest BCUT2D eigenvalue weighted by molar-refractivity contribution is -0.115. The SMILES string of the molecule is O=C1NC(=S)SC1=C(c1cccc(-c2ccccn2)c1)C1CCCCC1. The van der Waals surface area contributed by atoms with Gasteiger partial charge < -0.3 is 5.32 Å². The summed E-state index contributed by atoms with van der Waals surface area (Å²) in [5, 5.41) is 2.79. The average molecular weight is 381 g/mol. The van der Waals surface area contributed by atoms with Crippen molar-refractivity contribution in [2.75, 3.05) is 0 Å². The Labute approximate surface area is 163 Å². The molecular formula is C21H20N2OS2. The average Bonchev–Trinajstić information content (AvgIpc) is 3.02. The van der Waals surface area contributed by atoms with Crippen LogP contribution in [0.25, 0.3) is 16.8 Å². The van der Waals surface area contributed by atoms with Crippen LogP contribution < -0.4 is 5.32 Å². The summed E-state index contributed by atoms with van der Waals surface area (Å²) in [4.78, 5) is 17.8. The number of pyridine rings is 1. The summed E-state index contributed by atoms with van der Waals surface area (Å²) in [5.41, 5.74) is 4.29. The Kier molecular flexibility index (Phi) is 5.18. The van der Waals surface area contributed by atoms with E-state index in [9.17, 15) is 4.79 Å². The molecule has 4 rings (SSSR count). The number of hydrogen-bond donors (Lipinski definition) is 1. The molecular weight excluding hydrogens is 360 g/mol. The van der Waals surface area contributed by atoms with Crippen molar-refractivity contribution in [3.05, 3.63) is 59.1 Å². The van der Waals surface area contributed by atoms with E-state index in [1.165, 1.54) is 31.0 Å². The molecule has 5 heteroatoms. The molecule has 2 heterocycles. The predicted molar refractivity (Wildman–Crippen MR) is 111 cm³/mol. The molecule has 0 atom stereocenters. The van der Waals surface area contributed by atoms with Crippen LogP contribution >= 0.6 is 24.0 Å². The van der Waals surface area contributed by atoms with E-state index in [1.54, 1.807) is 6.20 Å². The normalized spacial score (nSPS) is 20.2. The van der Waals surface area contributed by atoms with E-state index in [-0.39, 0.29) is 5.91 Å². The van der Waals surface area contributed by atoms with Crippen LogP contribution in [0.15, 0.2) is 53.6 Å². The minimum atomic E-state index is -0.0520. The molecule has 1 N–H and O–H groups in total. The van der Waals surface area contributed by atoms with Gasteiger partial charge in [-0.2, -0.15) is 0 Å². The minimum absolute atomic E-state index is 0.0520. The van der Waals surface area contributed by atoms with Gasteiger partial charge >= 0.3 is 0 Å². The zero-order valence-corrected chi connectivity index (χ0v) is 16.0. The maximum absolute atomic E-state index is 12.5. The van der Waals surface area contributed by atoms with Gasteiger partial charge in [0.2, 0.25) is 0 Å². The molecule has 0 unspecified atom stereocenters. The van der Waals surface area contributed by atoms with Gasteiger partial charge in [0.1, 0.15) is 4.32 Å². The molecule has 2 fully saturated rings. The quantitative estimate of drug-likeness (QED) is 0.588. The van der Waals surface area contributed by atoms with Gasteiger partial charge in [-0.05, 0) is 48.1 Å². The number of thiocarbonyl (C=S) groups is 1. The van der Waals surface area contributed by atoms with Gasteiger partial charge in [0.05, 0.1) is 10.6 Å². The molecule has 2 aromatic rings. The number of hydrogen-bond acceptors (Lipinski definition) is 4. The lowest BCUT2D eigenvalue weighted by atomic mass is 9.80. The predicted octanol–water partition coefficient (Wildman–Crippen LogP) is 5.19. The zero-order chi connectivity index (χ0) is 17.9. The van der Waals surface area contributed by atoms with Crippen molar-refractivity contribution in [2.24, 2.45) is 5.92 Å². The van der Waals surface area contributed by atoms with Crippen LogP contribution in [0.1, 0.15) is 37.7 Å². The van der Waals surface area contributed by atoms with Crippen molar-refractivity contribution in [2.45, 2.75) is 32.1 Å². The van der Waals surface area contributed by atoms with Crippen LogP contribution in [0.3, 0.4) is 0 Å². The van der Waals surface area contributed by atoms with Crippen LogP contribution in [-0.2, 0) is 4.79 Å². The van der Waals surface area contributed by atoms with E-state index in [1.807, 2.05) is 18.2 Å². The first kappa shape index (κ1) is 17.4. The van der Waals surface area contributed by atoms with Gasteiger partial charge in [-0.15, -0.1) is 0 Å². The standard InChI is InChI=1S/C21H20N2OS2/c24-20-19(26-21(25)23-20)18(14-7-2-1-3-8-14)16-10-6-9-15(13-16)17-11-4-5-12-22-17/h4-6,9-14H,1-3,7-8H2,(H,23,24,25). The molecule has 132 valence electrons. The molecule has 2 aliphatic rings. The Bertz CT molecular complexity index is 871. The molecule has 0 bridgehead atoms. The highest BCUT2D eigenvalue weighted by atomic mass is 32.2. The summed E-state index contributed by atoms with van der Waals surface area (Å²) >= 11 is 6.64. The van der Waals surface area contributed by atoms with Crippen molar-refractivity contribution < 1.29 is 4.79 Å². The largest absolute Gasteiger partial charge is 0.307 e. The fraction of sp³-hybridized carbons (Fsp3) is 0.286. The van der Waals surface area contributed by atoms with Crippen molar-refractivity contribution in [3.8, 4) is 11.3 Å². The van der Waals surface area contributed by atoms with Gasteiger partial charge in [0.25, 0.3) is 5.91 Å². The zero-order valence-electron chi connectivity index (χ0n) is 14.4. The van der Waals surface area contributed by atoms with Gasteiger partial charge in [0, 0.05) is 11.8 Å². The fourth-order valence-electron chi connectivity index (χ4n) is 3.81. The Balaban J connectivity index is 1.81. The molecule has 1 saturated carbocycles. The van der Waals surface area contributed by atoms with Crippen molar-refractivity contribution in [1.29, 1.82) is 0 Å². The van der Waals surface area contributed by atoms with Crippen LogP contribution in [-0.4, -0.2) is 15.2 Å². The number of aromatic nitrogens is 1. The molecule has 0 radical (unpaired) electrons. The lowest BCUT2D eigenvalue weighted by Gasteiger charge is -2.26. The summed E-state index contributed by atoms with van der Waals surface area (Å²) in [6.07, 6.45) is 7.79. The third kappa shape index (κ3) is 3.60. The first-order valence-electron chi connectivity index (χ1n) is 9.01. The summed E-state index contributed by atoms with van der Waals surface area (Å²) in [7, 11) is 0. The number of nitrogens with zero attached hydrogens (tertiary/aromatic N) is 1. The first-order chi connectivity index (χ1) is 12.7. The van der Waals surface area contributed by atoms with Gasteiger partial charge in [-0.25, -0.2) is 0 Å². The van der Waals surface area contributed by atoms with Crippen LogP contribution in [0.5, 0.6) is 0 Å². The molecule has 1 aliphatic heterocycles. The first-order valence-corrected chi connectivity index (χ1v) is 10.2. The van der Waals surface area contributed by atoms with Gasteiger partial charge in [-0.3, -0.25) is 9.78 Å². The second kappa shape index (κ2) is 7.72. The molecule has 1 aromatic heterocycles. The Hall–Kier alpha value is -1.98. The van der Waals surface area contributed by atoms with Crippen molar-refractivity contribution >= 4 is 39.8 Å². The van der Waals surface area contributed by atoms with E-state index in [4.69, 9.17) is 12.2 Å². The minimum Gasteiger partial charge on any atom is -0.307 e. The molecule has 0 spiro atoms. The van der Waals surface area contributed by atoms with Crippen molar-refractivity contribution in [1.82, 2.24) is 10.3 Å². The highest BCUT2D eigenvalue weighted by molar-refractivity contribution is 8.26. The number of nitrogens with one attached hydrogen (secondary N) is 1. The second-order valence-corrected chi connectivity index (χ2v) is 8.40. The number of carbonyl (C=O) groups excluding carboxylic acids is 1. The number of benzene rings is 1. The molecule has 3 nitrogen and oxygen atoms in total. The maximum atomic E-state index is 12.5. The topological polar surface area (TPSA) is 42.0 Å². The van der Waals surface area contributed by atoms with Crippen LogP contribution in [0.4, 0.5) is 0 Å². The fourth-order valence-corrected chi connectivity index (χ4v) is 5.02. The Morgan fingerprint density at radius 3 is 2.65 bits per heavy atom. The van der Waals surface area contributed by atoms with E-state index < -0.39 is 0 Å². The van der Waals surface area contributed by atoms with Gasteiger partial charge in [0.15, 0.2) is 0 Å². The summed E-state index contributed by atoms with van der Waals surface area (Å²) < 4.78 is 0.555. The molecule has 1 amide bonds. The van der Waals surface area contributed by atoms with Crippen LogP contribution in [0, 0.1) is 5.92 Å². The van der Waals surface area contributed by atoms with E-state index in [0.29, 0.717) is 10.2 Å². The lowest BCUT2D eigenvalue weighted by Crippen LogP contribution is -2.19. The van der Waals surface area contributed by atoms with Crippen molar-refractivity contribution in [3.63, 3.8) is 0 Å². The number of allylic oxidation sites excluding steroid dienone is 1. The monoisotopic (exact) mass is 380 g/mol. The highest BCUT2D eigenvalue weighted by Gasteiger charge is 2.31. The van der Waals surface area contributed by atoms with Crippen LogP contribution in [0.2, 0.25) is 0 Å². The molecule has 1 aromatic carbocycles. The third-order valence-electron chi connectivity index (χ3n) is 5.01. The van der Waals surface area contributed by atoms with E-state index in [0.717, 1.165) is 40.1 Å². The highest BCUT2D eigenvalue weighted by Crippen LogP contribution is 2.42. The molecule has 1 aliphatic carbocycles. The number of rotatable bonds is 3. The summed E-state index contributed by atoms with van der Waals surface area (Å²) in [6, 6.07) is 14.3. The number of carbonyl (C=O) groups is 1. The maximum Gasteiger partial charge on any atom is 0.263 e. The Morgan fingerprint density at radius 2 is 1.96 bits per heavy atom. The van der Waals surface area contributed by atoms with Gasteiger partial charge in [-0.1, -0.05) is 67.5 Å². The smallest absolute Gasteiger partial charge is 0.263 e. The molecule has 1 saturated heterocycles. The summed E-state index contributed by atoms with van der Waals surface area (Å²) in [6.45, 7) is 0. The van der Waals surface area contributed by atoms with E-state index in [2.05, 4.69) is 34.6 Å². The van der Waals surface area contributed by atoms with E-state index >= 15 is 0 Å². The number of amides is 1. The second-order valence-electron chi connectivity index (χ2n) is 6.72. The molecule has 26 heavy (non-hydrogen) atoms. The Morgan fingerprint density at radius 1 is 1.12 bits per heavy atom. The summed E-state index contributed by atoms with van der Waals surface area (Å²) in [5.74, 6) is 0.362. The number of thioether (sulfide) groups is 1.